The average molecular weight is 883 g/mol. The molecule has 1 N–H and O–H groups in total. The zero-order valence-electron chi connectivity index (χ0n) is 37.9. The smallest absolute Gasteiger partial charge is 0.494 e. The molecule has 0 amide bonds. The fourth-order valence-electron chi connectivity index (χ4n) is 9.33. The van der Waals surface area contributed by atoms with Gasteiger partial charge in [0.1, 0.15) is 28.9 Å². The molecule has 0 bridgehead atoms. The maximum atomic E-state index is 17.3. The number of rotatable bonds is 19. The van der Waals surface area contributed by atoms with Gasteiger partial charge in [0.15, 0.2) is 5.70 Å². The Morgan fingerprint density at radius 3 is 1.81 bits per heavy atom. The summed E-state index contributed by atoms with van der Waals surface area (Å²) in [6.07, 6.45) is 10.4. The van der Waals surface area contributed by atoms with E-state index in [-0.39, 0.29) is 0 Å². The summed E-state index contributed by atoms with van der Waals surface area (Å²) < 4.78 is 49.2. The summed E-state index contributed by atoms with van der Waals surface area (Å²) in [5, 5.41) is 18.7. The molecule has 0 aliphatic carbocycles. The Balaban J connectivity index is 1.22. The van der Waals surface area contributed by atoms with E-state index < -0.39 is 18.5 Å². The van der Waals surface area contributed by atoms with Crippen LogP contribution in [0.4, 0.5) is 25.7 Å². The third kappa shape index (κ3) is 8.96. The Labute approximate surface area is 380 Å². The predicted octanol–water partition coefficient (Wildman–Crippen LogP) is 14.1. The zero-order valence-corrected chi connectivity index (χ0v) is 38.8. The van der Waals surface area contributed by atoms with E-state index >= 15 is 8.63 Å². The number of aromatic nitrogens is 1. The molecular formula is C52H57BF2N4O4S. The first-order valence-corrected chi connectivity index (χ1v) is 23.2. The minimum atomic E-state index is -4.32. The third-order valence-electron chi connectivity index (χ3n) is 12.4. The van der Waals surface area contributed by atoms with Crippen molar-refractivity contribution >= 4 is 64.3 Å². The number of hydrogen-bond donors (Lipinski definition) is 1. The molecule has 0 radical (unpaired) electrons. The zero-order chi connectivity index (χ0) is 45.7. The number of ether oxygens (including phenoxy) is 2. The van der Waals surface area contributed by atoms with E-state index in [0.29, 0.717) is 46.5 Å². The average Bonchev–Trinajstić information content (AvgIpc) is 3.94. The second-order valence-corrected chi connectivity index (χ2v) is 17.8. The fraction of sp³-hybridized carbons (Fsp3) is 0.327. The van der Waals surface area contributed by atoms with E-state index in [2.05, 4.69) is 43.0 Å². The van der Waals surface area contributed by atoms with Crippen molar-refractivity contribution in [2.75, 3.05) is 18.1 Å². The first-order chi connectivity index (χ1) is 30.8. The molecule has 0 unspecified atom stereocenters. The number of hydrogen-bond acceptors (Lipinski definition) is 6. The van der Waals surface area contributed by atoms with Crippen molar-refractivity contribution in [3.05, 3.63) is 128 Å². The number of thiophene rings is 1. The van der Waals surface area contributed by atoms with E-state index in [1.165, 1.54) is 52.1 Å². The van der Waals surface area contributed by atoms with Gasteiger partial charge in [-0.25, -0.2) is 4.79 Å². The molecular weight excluding hydrogens is 825 g/mol. The van der Waals surface area contributed by atoms with Gasteiger partial charge >= 0.3 is 12.9 Å². The Bertz CT molecular complexity index is 2640. The molecule has 332 valence electrons. The number of nitriles is 1. The second kappa shape index (κ2) is 19.7. The van der Waals surface area contributed by atoms with Crippen LogP contribution in [0.1, 0.15) is 113 Å². The first kappa shape index (κ1) is 45.8. The van der Waals surface area contributed by atoms with Gasteiger partial charge in [0, 0.05) is 56.1 Å². The van der Waals surface area contributed by atoms with Crippen LogP contribution in [0.5, 0.6) is 11.5 Å². The number of carbonyl (C=O) groups is 1. The standard InChI is InChI=1S/C52H57BF2N4O4S/c1-8-10-12-14-30-62-44-24-20-42(21-25-44)57(43-22-26-45(27-23-43)63-31-15-13-11-9-2)41-18-16-39(17-19-41)48-34(3)50-36(5)51-35(4)49(38(7)59(51)53(54,55)58(50)37(48)6)47-29-28-46(64-47)32-40(33-56)52(60)61/h16-29,32H,8-15,30-31H2,1-7H3,(H,60,61)/b40-32+. The Hall–Kier alpha value is -6.19. The summed E-state index contributed by atoms with van der Waals surface area (Å²) in [7, 11) is 0. The highest BCUT2D eigenvalue weighted by atomic mass is 32.1. The molecule has 0 fully saturated rings. The summed E-state index contributed by atoms with van der Waals surface area (Å²) in [4.78, 5) is 14.9. The molecule has 5 aromatic rings. The summed E-state index contributed by atoms with van der Waals surface area (Å²) in [5.41, 5.74) is 8.89. The number of anilines is 3. The largest absolute Gasteiger partial charge is 0.737 e. The van der Waals surface area contributed by atoms with Gasteiger partial charge in [0.25, 0.3) is 0 Å². The van der Waals surface area contributed by atoms with Crippen LogP contribution in [-0.2, 0) is 4.79 Å². The number of carboxylic acid groups (broad SMARTS) is 1. The maximum Gasteiger partial charge on any atom is 0.737 e. The van der Waals surface area contributed by atoms with Gasteiger partial charge in [-0.1, -0.05) is 64.5 Å². The molecule has 0 saturated heterocycles. The maximum absolute atomic E-state index is 17.3. The number of carboxylic acids is 1. The second-order valence-electron chi connectivity index (χ2n) is 16.7. The topological polar surface area (TPSA) is 90.7 Å². The summed E-state index contributed by atoms with van der Waals surface area (Å²) in [5.74, 6) is 0.332. The van der Waals surface area contributed by atoms with Gasteiger partial charge in [-0.3, -0.25) is 0 Å². The highest BCUT2D eigenvalue weighted by Gasteiger charge is 2.56. The number of benzene rings is 3. The van der Waals surface area contributed by atoms with Crippen molar-refractivity contribution in [2.24, 2.45) is 0 Å². The van der Waals surface area contributed by atoms with Crippen LogP contribution in [0, 0.1) is 25.2 Å². The van der Waals surface area contributed by atoms with Crippen molar-refractivity contribution in [3.63, 3.8) is 0 Å². The summed E-state index contributed by atoms with van der Waals surface area (Å²) in [6.45, 7) is 10.7. The third-order valence-corrected chi connectivity index (χ3v) is 13.4. The van der Waals surface area contributed by atoms with Crippen molar-refractivity contribution in [2.45, 2.75) is 99.8 Å². The lowest BCUT2D eigenvalue weighted by Gasteiger charge is -2.32. The lowest BCUT2D eigenvalue weighted by atomic mass is 9.86. The molecule has 7 rings (SSSR count). The fourth-order valence-corrected chi connectivity index (χ4v) is 10.4. The molecule has 2 aromatic heterocycles. The number of fused-ring (bicyclic) bond motifs is 2. The van der Waals surface area contributed by atoms with Crippen LogP contribution in [0.15, 0.2) is 102 Å². The first-order valence-electron chi connectivity index (χ1n) is 22.4. The van der Waals surface area contributed by atoms with Crippen LogP contribution < -0.4 is 14.4 Å². The molecule has 3 aromatic carbocycles. The highest BCUT2D eigenvalue weighted by molar-refractivity contribution is 7.14. The molecule has 2 aliphatic heterocycles. The van der Waals surface area contributed by atoms with Crippen molar-refractivity contribution < 1.29 is 32.5 Å². The van der Waals surface area contributed by atoms with Crippen LogP contribution >= 0.6 is 11.3 Å². The number of aliphatic carboxylic acids is 1. The predicted molar refractivity (Wildman–Crippen MR) is 258 cm³/mol. The number of nitrogens with zero attached hydrogens (tertiary/aromatic N) is 4. The lowest BCUT2D eigenvalue weighted by Crippen LogP contribution is -2.51. The minimum Gasteiger partial charge on any atom is -0.494 e. The highest BCUT2D eigenvalue weighted by Crippen LogP contribution is 2.49. The van der Waals surface area contributed by atoms with Gasteiger partial charge < -0.3 is 37.1 Å². The molecule has 2 aliphatic rings. The van der Waals surface area contributed by atoms with Crippen molar-refractivity contribution in [1.29, 1.82) is 5.26 Å². The Kier molecular flexibility index (Phi) is 14.1. The van der Waals surface area contributed by atoms with Crippen molar-refractivity contribution in [1.82, 2.24) is 4.48 Å². The molecule has 64 heavy (non-hydrogen) atoms. The van der Waals surface area contributed by atoms with E-state index in [9.17, 15) is 15.2 Å². The quantitative estimate of drug-likeness (QED) is 0.0384. The normalized spacial score (nSPS) is 14.5. The number of unbranched alkanes of at least 4 members (excludes halogenated alkanes) is 6. The van der Waals surface area contributed by atoms with Crippen LogP contribution in [0.25, 0.3) is 28.3 Å². The minimum absolute atomic E-state index is 0.391. The van der Waals surface area contributed by atoms with Gasteiger partial charge in [-0.2, -0.15) is 5.26 Å². The van der Waals surface area contributed by atoms with E-state index in [1.54, 1.807) is 32.0 Å². The molecule has 4 heterocycles. The van der Waals surface area contributed by atoms with E-state index in [0.717, 1.165) is 87.0 Å². The van der Waals surface area contributed by atoms with Gasteiger partial charge in [0.05, 0.1) is 18.8 Å². The van der Waals surface area contributed by atoms with Crippen LogP contribution in [0.2, 0.25) is 0 Å². The van der Waals surface area contributed by atoms with Gasteiger partial charge in [-0.15, -0.1) is 11.3 Å². The van der Waals surface area contributed by atoms with Gasteiger partial charge in [0.2, 0.25) is 0 Å². The monoisotopic (exact) mass is 882 g/mol. The molecule has 0 spiro atoms. The Morgan fingerprint density at radius 1 is 0.781 bits per heavy atom. The van der Waals surface area contributed by atoms with Crippen LogP contribution in [0.3, 0.4) is 0 Å². The van der Waals surface area contributed by atoms with Crippen LogP contribution in [-0.4, -0.2) is 45.9 Å². The lowest BCUT2D eigenvalue weighted by molar-refractivity contribution is -0.363. The Morgan fingerprint density at radius 2 is 1.31 bits per heavy atom. The number of halogens is 2. The summed E-state index contributed by atoms with van der Waals surface area (Å²) in [6, 6.07) is 29.7. The van der Waals surface area contributed by atoms with Gasteiger partial charge in [-0.05, 0) is 136 Å². The SMILES string of the molecule is CCCCCCOc1ccc(N(c2ccc(OCCCCCC)cc2)c2ccc(-c3c(C)c4n(c3C)[B-](F)(F)[N+]3=C(C)C(c5ccc(/C=C(\C#N)C(=O)O)s5)=C(C)C3=C4C)cc2)cc1. The van der Waals surface area contributed by atoms with E-state index in [4.69, 9.17) is 9.47 Å². The molecule has 0 saturated carbocycles. The molecule has 0 atom stereocenters. The van der Waals surface area contributed by atoms with E-state index in [1.807, 2.05) is 69.3 Å². The summed E-state index contributed by atoms with van der Waals surface area (Å²) >= 11 is 1.27. The number of allylic oxidation sites excluding steroid dienone is 3. The molecule has 12 heteroatoms. The molecule has 8 nitrogen and oxygen atoms in total. The van der Waals surface area contributed by atoms with Crippen molar-refractivity contribution in [3.8, 4) is 28.7 Å².